The summed E-state index contributed by atoms with van der Waals surface area (Å²) in [5.74, 6) is -1.90. The normalized spacial score (nSPS) is 14.8. The molecule has 2 aromatic carbocycles. The molecule has 0 fully saturated rings. The van der Waals surface area contributed by atoms with Crippen molar-refractivity contribution in [3.05, 3.63) is 59.7 Å². The van der Waals surface area contributed by atoms with E-state index >= 15 is 0 Å². The van der Waals surface area contributed by atoms with Crippen LogP contribution in [0.15, 0.2) is 48.5 Å². The van der Waals surface area contributed by atoms with E-state index in [1.165, 1.54) is 18.2 Å². The highest BCUT2D eigenvalue weighted by Crippen LogP contribution is 2.44. The Morgan fingerprint density at radius 1 is 1.06 bits per heavy atom. The Kier molecular flexibility index (Phi) is 8.87. The van der Waals surface area contributed by atoms with E-state index in [0.29, 0.717) is 19.4 Å². The molecular formula is C27H34N2O6. The van der Waals surface area contributed by atoms with Crippen molar-refractivity contribution in [3.63, 3.8) is 0 Å². The maximum atomic E-state index is 12.5. The monoisotopic (exact) mass is 482 g/mol. The summed E-state index contributed by atoms with van der Waals surface area (Å²) in [6.07, 6.45) is 0.745. The fraction of sp³-hybridized carbons (Fsp3) is 0.444. The van der Waals surface area contributed by atoms with Gasteiger partial charge >= 0.3 is 12.1 Å². The van der Waals surface area contributed by atoms with Crippen molar-refractivity contribution in [1.29, 1.82) is 0 Å². The van der Waals surface area contributed by atoms with Gasteiger partial charge < -0.3 is 25.2 Å². The molecule has 1 aliphatic carbocycles. The van der Waals surface area contributed by atoms with Crippen molar-refractivity contribution < 1.29 is 29.0 Å². The maximum absolute atomic E-state index is 12.5. The Morgan fingerprint density at radius 2 is 1.66 bits per heavy atom. The molecule has 2 aromatic rings. The van der Waals surface area contributed by atoms with Crippen molar-refractivity contribution >= 4 is 18.0 Å². The Morgan fingerprint density at radius 3 is 2.20 bits per heavy atom. The summed E-state index contributed by atoms with van der Waals surface area (Å²) in [5.41, 5.74) is 3.20. The second-order valence-electron chi connectivity index (χ2n) is 8.96. The second-order valence-corrected chi connectivity index (χ2v) is 8.96. The van der Waals surface area contributed by atoms with Crippen LogP contribution in [0.5, 0.6) is 0 Å². The first-order valence-corrected chi connectivity index (χ1v) is 12.0. The predicted molar refractivity (Wildman–Crippen MR) is 132 cm³/mol. The molecule has 1 aliphatic rings. The SMILES string of the molecule is CCC(COC)(NC(=O)C(C)CCCNC(=O)OCC1c2ccccc2-c2ccccc21)C(=O)O. The molecule has 188 valence electrons. The second kappa shape index (κ2) is 11.8. The Bertz CT molecular complexity index is 1010. The van der Waals surface area contributed by atoms with Crippen LogP contribution in [0.3, 0.4) is 0 Å². The molecule has 2 unspecified atom stereocenters. The van der Waals surface area contributed by atoms with Gasteiger partial charge in [-0.2, -0.15) is 0 Å². The lowest BCUT2D eigenvalue weighted by Gasteiger charge is -2.29. The smallest absolute Gasteiger partial charge is 0.407 e. The largest absolute Gasteiger partial charge is 0.479 e. The minimum Gasteiger partial charge on any atom is -0.479 e. The number of rotatable bonds is 12. The van der Waals surface area contributed by atoms with E-state index in [2.05, 4.69) is 34.9 Å². The third-order valence-electron chi connectivity index (χ3n) is 6.64. The number of benzene rings is 2. The summed E-state index contributed by atoms with van der Waals surface area (Å²) in [5, 5.41) is 14.9. The minimum atomic E-state index is -1.44. The predicted octanol–water partition coefficient (Wildman–Crippen LogP) is 3.94. The van der Waals surface area contributed by atoms with Gasteiger partial charge in [0.05, 0.1) is 6.61 Å². The highest BCUT2D eigenvalue weighted by atomic mass is 16.5. The van der Waals surface area contributed by atoms with E-state index in [9.17, 15) is 19.5 Å². The Balaban J connectivity index is 1.43. The van der Waals surface area contributed by atoms with Gasteiger partial charge in [0.1, 0.15) is 6.61 Å². The van der Waals surface area contributed by atoms with Crippen LogP contribution in [0.4, 0.5) is 4.79 Å². The number of carbonyl (C=O) groups excluding carboxylic acids is 2. The number of carbonyl (C=O) groups is 3. The summed E-state index contributed by atoms with van der Waals surface area (Å²) in [7, 11) is 1.40. The molecule has 0 aliphatic heterocycles. The number of methoxy groups -OCH3 is 1. The van der Waals surface area contributed by atoms with Crippen LogP contribution in [0.2, 0.25) is 0 Å². The average Bonchev–Trinajstić information content (AvgIpc) is 3.18. The van der Waals surface area contributed by atoms with Gasteiger partial charge in [0, 0.05) is 25.5 Å². The fourth-order valence-corrected chi connectivity index (χ4v) is 4.48. The molecule has 3 N–H and O–H groups in total. The van der Waals surface area contributed by atoms with Crippen LogP contribution in [-0.2, 0) is 19.1 Å². The molecule has 0 radical (unpaired) electrons. The van der Waals surface area contributed by atoms with Gasteiger partial charge in [0.15, 0.2) is 5.54 Å². The summed E-state index contributed by atoms with van der Waals surface area (Å²) in [6.45, 7) is 3.91. The van der Waals surface area contributed by atoms with E-state index in [1.807, 2.05) is 24.3 Å². The first kappa shape index (κ1) is 26.2. The Labute approximate surface area is 206 Å². The summed E-state index contributed by atoms with van der Waals surface area (Å²) in [6, 6.07) is 16.3. The number of amides is 2. The summed E-state index contributed by atoms with van der Waals surface area (Å²) >= 11 is 0. The van der Waals surface area contributed by atoms with Gasteiger partial charge in [-0.05, 0) is 41.5 Å². The molecule has 2 atom stereocenters. The molecule has 8 nitrogen and oxygen atoms in total. The van der Waals surface area contributed by atoms with Crippen LogP contribution >= 0.6 is 0 Å². The van der Waals surface area contributed by atoms with Crippen molar-refractivity contribution in [2.75, 3.05) is 26.9 Å². The molecular weight excluding hydrogens is 448 g/mol. The average molecular weight is 483 g/mol. The van der Waals surface area contributed by atoms with Gasteiger partial charge in [-0.1, -0.05) is 62.4 Å². The molecule has 0 heterocycles. The van der Waals surface area contributed by atoms with E-state index < -0.39 is 23.5 Å². The Hall–Kier alpha value is -3.39. The molecule has 35 heavy (non-hydrogen) atoms. The topological polar surface area (TPSA) is 114 Å². The number of aliphatic carboxylic acids is 1. The van der Waals surface area contributed by atoms with Crippen molar-refractivity contribution in [2.24, 2.45) is 5.92 Å². The van der Waals surface area contributed by atoms with E-state index in [4.69, 9.17) is 9.47 Å². The molecule has 8 heteroatoms. The number of alkyl carbamates (subject to hydrolysis) is 1. The van der Waals surface area contributed by atoms with E-state index in [-0.39, 0.29) is 31.5 Å². The molecule has 0 saturated carbocycles. The number of ether oxygens (including phenoxy) is 2. The van der Waals surface area contributed by atoms with Gasteiger partial charge in [-0.15, -0.1) is 0 Å². The van der Waals surface area contributed by atoms with Gasteiger partial charge in [-0.3, -0.25) is 4.79 Å². The van der Waals surface area contributed by atoms with Crippen molar-refractivity contribution in [3.8, 4) is 11.1 Å². The molecule has 0 spiro atoms. The van der Waals surface area contributed by atoms with Crippen LogP contribution in [0.1, 0.15) is 50.2 Å². The number of nitrogens with one attached hydrogen (secondary N) is 2. The zero-order valence-corrected chi connectivity index (χ0v) is 20.5. The zero-order chi connectivity index (χ0) is 25.4. The van der Waals surface area contributed by atoms with Crippen LogP contribution in [0, 0.1) is 5.92 Å². The molecule has 2 amide bonds. The molecule has 3 rings (SSSR count). The quantitative estimate of drug-likeness (QED) is 0.395. The van der Waals surface area contributed by atoms with Crippen molar-refractivity contribution in [2.45, 2.75) is 44.6 Å². The van der Waals surface area contributed by atoms with Crippen LogP contribution in [0.25, 0.3) is 11.1 Å². The van der Waals surface area contributed by atoms with E-state index in [0.717, 1.165) is 11.1 Å². The van der Waals surface area contributed by atoms with E-state index in [1.54, 1.807) is 13.8 Å². The van der Waals surface area contributed by atoms with Crippen LogP contribution in [-0.4, -0.2) is 55.5 Å². The summed E-state index contributed by atoms with van der Waals surface area (Å²) in [4.78, 5) is 36.5. The molecule has 0 saturated heterocycles. The molecule has 0 aromatic heterocycles. The third-order valence-corrected chi connectivity index (χ3v) is 6.64. The lowest BCUT2D eigenvalue weighted by Crippen LogP contribution is -2.58. The minimum absolute atomic E-state index is 0.00274. The molecule has 0 bridgehead atoms. The number of fused-ring (bicyclic) bond motifs is 3. The first-order chi connectivity index (χ1) is 16.8. The van der Waals surface area contributed by atoms with Crippen LogP contribution < -0.4 is 10.6 Å². The van der Waals surface area contributed by atoms with Crippen molar-refractivity contribution in [1.82, 2.24) is 10.6 Å². The fourth-order valence-electron chi connectivity index (χ4n) is 4.48. The highest BCUT2D eigenvalue weighted by molar-refractivity contribution is 5.88. The van der Waals surface area contributed by atoms with Gasteiger partial charge in [0.25, 0.3) is 0 Å². The standard InChI is InChI=1S/C27H34N2O6/c1-4-27(17-34-3,25(31)32)29-24(30)18(2)10-9-15-28-26(33)35-16-23-21-13-7-5-11-19(21)20-12-6-8-14-22(20)23/h5-8,11-14,18,23H,4,9-10,15-17H2,1-3H3,(H,28,33)(H,29,30)(H,31,32). The number of carboxylic acid groups (broad SMARTS) is 1. The van der Waals surface area contributed by atoms with Gasteiger partial charge in [-0.25, -0.2) is 9.59 Å². The third kappa shape index (κ3) is 6.00. The number of hydrogen-bond acceptors (Lipinski definition) is 5. The number of hydrogen-bond donors (Lipinski definition) is 3. The lowest BCUT2D eigenvalue weighted by atomic mass is 9.95. The zero-order valence-electron chi connectivity index (χ0n) is 20.5. The van der Waals surface area contributed by atoms with Gasteiger partial charge in [0.2, 0.25) is 5.91 Å². The summed E-state index contributed by atoms with van der Waals surface area (Å²) < 4.78 is 10.5. The number of carboxylic acids is 1. The maximum Gasteiger partial charge on any atom is 0.407 e. The first-order valence-electron chi connectivity index (χ1n) is 12.0. The highest BCUT2D eigenvalue weighted by Gasteiger charge is 2.39. The lowest BCUT2D eigenvalue weighted by molar-refractivity contribution is -0.151.